The smallest absolute Gasteiger partial charge is 0.346 e. The first-order valence-corrected chi connectivity index (χ1v) is 6.46. The van der Waals surface area contributed by atoms with E-state index < -0.39 is 11.7 Å². The van der Waals surface area contributed by atoms with Crippen molar-refractivity contribution in [1.29, 1.82) is 0 Å². The largest absolute Gasteiger partial charge is 0.489 e. The summed E-state index contributed by atoms with van der Waals surface area (Å²) >= 11 is 0. The molecule has 1 N–H and O–H groups in total. The molecule has 20 heavy (non-hydrogen) atoms. The van der Waals surface area contributed by atoms with E-state index in [1.165, 1.54) is 0 Å². The van der Waals surface area contributed by atoms with Crippen molar-refractivity contribution < 1.29 is 14.3 Å². The Labute approximate surface area is 114 Å². The van der Waals surface area contributed by atoms with Gasteiger partial charge in [-0.2, -0.15) is 0 Å². The summed E-state index contributed by atoms with van der Waals surface area (Å²) < 4.78 is 10.9. The Bertz CT molecular complexity index is 908. The van der Waals surface area contributed by atoms with E-state index in [9.17, 15) is 9.90 Å². The van der Waals surface area contributed by atoms with Crippen LogP contribution in [0.15, 0.2) is 39.5 Å². The number of aliphatic hydroxyl groups is 1. The highest BCUT2D eigenvalue weighted by molar-refractivity contribution is 6.07. The maximum atomic E-state index is 12.1. The molecule has 0 radical (unpaired) electrons. The van der Waals surface area contributed by atoms with Crippen molar-refractivity contribution in [1.82, 2.24) is 0 Å². The molecule has 0 fully saturated rings. The lowest BCUT2D eigenvalue weighted by Gasteiger charge is -2.08. The van der Waals surface area contributed by atoms with E-state index >= 15 is 0 Å². The molecule has 1 unspecified atom stereocenters. The number of rotatable bonds is 0. The third-order valence-corrected chi connectivity index (χ3v) is 3.85. The summed E-state index contributed by atoms with van der Waals surface area (Å²) in [7, 11) is 0. The molecule has 2 aromatic carbocycles. The van der Waals surface area contributed by atoms with Crippen LogP contribution in [0.5, 0.6) is 5.75 Å². The van der Waals surface area contributed by atoms with Crippen molar-refractivity contribution in [3.63, 3.8) is 0 Å². The summed E-state index contributed by atoms with van der Waals surface area (Å²) in [5, 5.41) is 12.4. The Morgan fingerprint density at radius 3 is 2.80 bits per heavy atom. The molecule has 2 heterocycles. The Kier molecular flexibility index (Phi) is 2.20. The van der Waals surface area contributed by atoms with E-state index in [1.807, 2.05) is 37.3 Å². The minimum absolute atomic E-state index is 0.102. The zero-order chi connectivity index (χ0) is 13.9. The predicted octanol–water partition coefficient (Wildman–Crippen LogP) is 2.68. The van der Waals surface area contributed by atoms with Crippen molar-refractivity contribution in [2.45, 2.75) is 13.0 Å². The summed E-state index contributed by atoms with van der Waals surface area (Å²) in [5.41, 5.74) is 1.34. The Morgan fingerprint density at radius 1 is 1.15 bits per heavy atom. The highest BCUT2D eigenvalue weighted by Gasteiger charge is 2.29. The predicted molar refractivity (Wildman–Crippen MR) is 75.2 cm³/mol. The maximum Gasteiger partial charge on any atom is 0.346 e. The van der Waals surface area contributed by atoms with Gasteiger partial charge in [-0.3, -0.25) is 0 Å². The fourth-order valence-electron chi connectivity index (χ4n) is 2.85. The van der Waals surface area contributed by atoms with E-state index in [0.717, 1.165) is 21.7 Å². The molecule has 4 rings (SSSR count). The summed E-state index contributed by atoms with van der Waals surface area (Å²) in [6.07, 6.45) is -0.904. The molecule has 4 heteroatoms. The topological polar surface area (TPSA) is 59.7 Å². The molecule has 100 valence electrons. The van der Waals surface area contributed by atoms with Crippen LogP contribution in [0.1, 0.15) is 17.2 Å². The van der Waals surface area contributed by atoms with Gasteiger partial charge >= 0.3 is 5.63 Å². The standard InChI is InChI=1S/C16H12O4/c1-8-3-2-4-10-9(8)5-6-11-14(10)20-16(18)13-12(17)7-19-15(11)13/h2-6,12,17H,7H2,1H3. The quantitative estimate of drug-likeness (QED) is 0.503. The molecule has 0 amide bonds. The maximum absolute atomic E-state index is 12.1. The molecule has 1 aliphatic heterocycles. The Hall–Kier alpha value is -2.33. The average Bonchev–Trinajstić information content (AvgIpc) is 2.82. The zero-order valence-electron chi connectivity index (χ0n) is 10.8. The van der Waals surface area contributed by atoms with E-state index in [4.69, 9.17) is 9.15 Å². The summed E-state index contributed by atoms with van der Waals surface area (Å²) in [4.78, 5) is 12.1. The molecule has 0 saturated carbocycles. The van der Waals surface area contributed by atoms with Gasteiger partial charge in [0.25, 0.3) is 0 Å². The van der Waals surface area contributed by atoms with Crippen LogP contribution in [0.2, 0.25) is 0 Å². The number of fused-ring (bicyclic) bond motifs is 5. The van der Waals surface area contributed by atoms with Crippen LogP contribution in [0.3, 0.4) is 0 Å². The number of benzene rings is 2. The van der Waals surface area contributed by atoms with Gasteiger partial charge in [-0.25, -0.2) is 4.79 Å². The van der Waals surface area contributed by atoms with Crippen molar-refractivity contribution >= 4 is 21.7 Å². The molecule has 0 spiro atoms. The summed E-state index contributed by atoms with van der Waals surface area (Å²) in [6, 6.07) is 9.73. The lowest BCUT2D eigenvalue weighted by molar-refractivity contribution is 0.139. The SMILES string of the molecule is Cc1cccc2c1ccc1c3c(c(=O)oc12)C(O)CO3. The molecule has 4 nitrogen and oxygen atoms in total. The molecule has 0 saturated heterocycles. The number of aliphatic hydroxyl groups excluding tert-OH is 1. The van der Waals surface area contributed by atoms with Gasteiger partial charge in [0, 0.05) is 5.39 Å². The van der Waals surface area contributed by atoms with Crippen LogP contribution in [-0.4, -0.2) is 11.7 Å². The molecule has 3 aromatic rings. The second-order valence-corrected chi connectivity index (χ2v) is 5.07. The van der Waals surface area contributed by atoms with Gasteiger partial charge in [-0.15, -0.1) is 0 Å². The van der Waals surface area contributed by atoms with Gasteiger partial charge in [0.15, 0.2) is 0 Å². The first kappa shape index (κ1) is 11.5. The van der Waals surface area contributed by atoms with Crippen molar-refractivity contribution in [2.24, 2.45) is 0 Å². The zero-order valence-corrected chi connectivity index (χ0v) is 10.8. The number of hydrogen-bond donors (Lipinski definition) is 1. The summed E-state index contributed by atoms with van der Waals surface area (Å²) in [6.45, 7) is 2.12. The molecule has 1 aliphatic rings. The highest BCUT2D eigenvalue weighted by Crippen LogP contribution is 2.38. The van der Waals surface area contributed by atoms with Gasteiger partial charge in [0.2, 0.25) is 0 Å². The lowest BCUT2D eigenvalue weighted by atomic mass is 10.0. The van der Waals surface area contributed by atoms with Crippen LogP contribution >= 0.6 is 0 Å². The first-order chi connectivity index (χ1) is 9.66. The monoisotopic (exact) mass is 268 g/mol. The minimum Gasteiger partial charge on any atom is -0.489 e. The van der Waals surface area contributed by atoms with E-state index in [1.54, 1.807) is 0 Å². The fraction of sp³-hybridized carbons (Fsp3) is 0.188. The second-order valence-electron chi connectivity index (χ2n) is 5.07. The number of ether oxygens (including phenoxy) is 1. The van der Waals surface area contributed by atoms with Crippen molar-refractivity contribution in [3.8, 4) is 5.75 Å². The third-order valence-electron chi connectivity index (χ3n) is 3.85. The van der Waals surface area contributed by atoms with Crippen molar-refractivity contribution in [3.05, 3.63) is 51.9 Å². The normalized spacial score (nSPS) is 17.4. The summed E-state index contributed by atoms with van der Waals surface area (Å²) in [5.74, 6) is 0.451. The minimum atomic E-state index is -0.904. The third kappa shape index (κ3) is 1.37. The lowest BCUT2D eigenvalue weighted by Crippen LogP contribution is -2.09. The molecule has 1 aromatic heterocycles. The van der Waals surface area contributed by atoms with Crippen LogP contribution in [0, 0.1) is 6.92 Å². The van der Waals surface area contributed by atoms with Crippen molar-refractivity contribution in [2.75, 3.05) is 6.61 Å². The number of hydrogen-bond acceptors (Lipinski definition) is 4. The highest BCUT2D eigenvalue weighted by atomic mass is 16.5. The van der Waals surface area contributed by atoms with Gasteiger partial charge in [-0.05, 0) is 23.9 Å². The van der Waals surface area contributed by atoms with Crippen LogP contribution in [0.25, 0.3) is 21.7 Å². The van der Waals surface area contributed by atoms with Crippen LogP contribution in [-0.2, 0) is 0 Å². The Balaban J connectivity index is 2.24. The molecular formula is C16H12O4. The Morgan fingerprint density at radius 2 is 1.95 bits per heavy atom. The van der Waals surface area contributed by atoms with Gasteiger partial charge in [0.1, 0.15) is 29.6 Å². The van der Waals surface area contributed by atoms with E-state index in [-0.39, 0.29) is 12.2 Å². The van der Waals surface area contributed by atoms with Gasteiger partial charge < -0.3 is 14.3 Å². The van der Waals surface area contributed by atoms with Gasteiger partial charge in [-0.1, -0.05) is 24.3 Å². The van der Waals surface area contributed by atoms with E-state index in [0.29, 0.717) is 11.3 Å². The van der Waals surface area contributed by atoms with Crippen LogP contribution in [0.4, 0.5) is 0 Å². The van der Waals surface area contributed by atoms with Crippen LogP contribution < -0.4 is 10.4 Å². The second kappa shape index (κ2) is 3.84. The molecule has 1 atom stereocenters. The molecular weight excluding hydrogens is 256 g/mol. The average molecular weight is 268 g/mol. The van der Waals surface area contributed by atoms with E-state index in [2.05, 4.69) is 0 Å². The fourth-order valence-corrected chi connectivity index (χ4v) is 2.85. The number of aryl methyl sites for hydroxylation is 1. The first-order valence-electron chi connectivity index (χ1n) is 6.46. The van der Waals surface area contributed by atoms with Gasteiger partial charge in [0.05, 0.1) is 5.39 Å². The molecule has 0 aliphatic carbocycles. The molecule has 0 bridgehead atoms.